The predicted octanol–water partition coefficient (Wildman–Crippen LogP) is 1.51. The van der Waals surface area contributed by atoms with Crippen LogP contribution < -0.4 is 0 Å². The number of thioether (sulfide) groups is 1. The molecule has 0 spiro atoms. The van der Waals surface area contributed by atoms with E-state index in [9.17, 15) is 9.59 Å². The van der Waals surface area contributed by atoms with Crippen molar-refractivity contribution in [1.29, 1.82) is 0 Å². The summed E-state index contributed by atoms with van der Waals surface area (Å²) >= 11 is 1.41. The monoisotopic (exact) mass is 204 g/mol. The number of ketones is 1. The van der Waals surface area contributed by atoms with Crippen molar-refractivity contribution in [2.45, 2.75) is 20.8 Å². The summed E-state index contributed by atoms with van der Waals surface area (Å²) in [5.74, 6) is -0.168. The van der Waals surface area contributed by atoms with Crippen molar-refractivity contribution in [2.24, 2.45) is 5.41 Å². The second-order valence-electron chi connectivity index (χ2n) is 3.20. The van der Waals surface area contributed by atoms with Gasteiger partial charge in [0.15, 0.2) is 5.78 Å². The first-order chi connectivity index (χ1) is 5.96. The maximum Gasteiger partial charge on any atom is 0.319 e. The average molecular weight is 204 g/mol. The van der Waals surface area contributed by atoms with Crippen LogP contribution in [0.2, 0.25) is 0 Å². The Kier molecular flexibility index (Phi) is 5.06. The van der Waals surface area contributed by atoms with E-state index in [1.54, 1.807) is 20.8 Å². The number of hydrogen-bond donors (Lipinski definition) is 0. The zero-order valence-corrected chi connectivity index (χ0v) is 9.36. The van der Waals surface area contributed by atoms with E-state index in [2.05, 4.69) is 0 Å². The minimum atomic E-state index is -1.00. The Bertz CT molecular complexity index is 179. The summed E-state index contributed by atoms with van der Waals surface area (Å²) in [4.78, 5) is 22.8. The van der Waals surface area contributed by atoms with Crippen LogP contribution in [0.1, 0.15) is 20.8 Å². The first-order valence-corrected chi connectivity index (χ1v) is 5.55. The fourth-order valence-electron chi connectivity index (χ4n) is 0.737. The minimum Gasteiger partial charge on any atom is -0.465 e. The molecule has 0 aromatic carbocycles. The molecule has 3 nitrogen and oxygen atoms in total. The maximum absolute atomic E-state index is 11.5. The Morgan fingerprint density at radius 2 is 1.92 bits per heavy atom. The van der Waals surface area contributed by atoms with Crippen molar-refractivity contribution < 1.29 is 14.3 Å². The van der Waals surface area contributed by atoms with Crippen LogP contribution >= 0.6 is 11.8 Å². The number of carbonyl (C=O) groups excluding carboxylic acids is 2. The molecule has 0 rings (SSSR count). The van der Waals surface area contributed by atoms with E-state index in [4.69, 9.17) is 4.74 Å². The largest absolute Gasteiger partial charge is 0.465 e. The van der Waals surface area contributed by atoms with Crippen molar-refractivity contribution >= 4 is 23.5 Å². The van der Waals surface area contributed by atoms with E-state index in [0.717, 1.165) is 0 Å². The average Bonchev–Trinajstić information content (AvgIpc) is 2.05. The molecule has 0 aromatic rings. The Morgan fingerprint density at radius 3 is 2.31 bits per heavy atom. The number of hydrogen-bond acceptors (Lipinski definition) is 4. The molecule has 0 N–H and O–H groups in total. The summed E-state index contributed by atoms with van der Waals surface area (Å²) < 4.78 is 4.81. The number of Topliss-reactive ketones (excluding diaryl/α,β-unsaturated/α-hetero) is 1. The SMILES string of the molecule is CCOC(=O)C(C)(C)C(=O)CSC. The highest BCUT2D eigenvalue weighted by Gasteiger charge is 2.36. The van der Waals surface area contributed by atoms with Crippen LogP contribution in [0, 0.1) is 5.41 Å². The van der Waals surface area contributed by atoms with Crippen LogP contribution in [0.5, 0.6) is 0 Å². The van der Waals surface area contributed by atoms with E-state index < -0.39 is 11.4 Å². The Hall–Kier alpha value is -0.510. The van der Waals surface area contributed by atoms with Gasteiger partial charge in [0.05, 0.1) is 12.4 Å². The van der Waals surface area contributed by atoms with Gasteiger partial charge in [0.25, 0.3) is 0 Å². The van der Waals surface area contributed by atoms with Crippen LogP contribution in [0.25, 0.3) is 0 Å². The molecular formula is C9H16O3S. The van der Waals surface area contributed by atoms with E-state index in [-0.39, 0.29) is 5.78 Å². The summed E-state index contributed by atoms with van der Waals surface area (Å²) in [6.45, 7) is 5.24. The Morgan fingerprint density at radius 1 is 1.38 bits per heavy atom. The topological polar surface area (TPSA) is 43.4 Å². The molecule has 76 valence electrons. The fraction of sp³-hybridized carbons (Fsp3) is 0.778. The van der Waals surface area contributed by atoms with Gasteiger partial charge in [-0.15, -0.1) is 0 Å². The smallest absolute Gasteiger partial charge is 0.319 e. The van der Waals surface area contributed by atoms with Gasteiger partial charge in [-0.3, -0.25) is 9.59 Å². The van der Waals surface area contributed by atoms with E-state index in [0.29, 0.717) is 12.4 Å². The molecule has 0 aliphatic rings. The predicted molar refractivity (Wildman–Crippen MR) is 53.8 cm³/mol. The molecule has 0 aromatic heterocycles. The fourth-order valence-corrected chi connectivity index (χ4v) is 1.36. The molecule has 0 fully saturated rings. The zero-order valence-electron chi connectivity index (χ0n) is 8.55. The van der Waals surface area contributed by atoms with Crippen LogP contribution in [-0.2, 0) is 14.3 Å². The molecule has 0 aliphatic heterocycles. The quantitative estimate of drug-likeness (QED) is 0.503. The van der Waals surface area contributed by atoms with E-state index in [1.165, 1.54) is 11.8 Å². The molecule has 0 amide bonds. The van der Waals surface area contributed by atoms with Gasteiger partial charge in [-0.25, -0.2) is 0 Å². The number of carbonyl (C=O) groups is 2. The Balaban J connectivity index is 4.36. The van der Waals surface area contributed by atoms with Gasteiger partial charge < -0.3 is 4.74 Å². The third-order valence-electron chi connectivity index (χ3n) is 1.76. The normalized spacial score (nSPS) is 11.1. The lowest BCUT2D eigenvalue weighted by Gasteiger charge is -2.19. The minimum absolute atomic E-state index is 0.0848. The van der Waals surface area contributed by atoms with Crippen molar-refractivity contribution in [3.63, 3.8) is 0 Å². The second kappa shape index (κ2) is 5.27. The zero-order chi connectivity index (χ0) is 10.5. The summed E-state index contributed by atoms with van der Waals surface area (Å²) in [5, 5.41) is 0. The van der Waals surface area contributed by atoms with Crippen LogP contribution in [0.3, 0.4) is 0 Å². The van der Waals surface area contributed by atoms with Gasteiger partial charge in [-0.05, 0) is 27.0 Å². The molecule has 0 aliphatic carbocycles. The van der Waals surface area contributed by atoms with Gasteiger partial charge in [0.2, 0.25) is 0 Å². The number of ether oxygens (including phenoxy) is 1. The van der Waals surface area contributed by atoms with Crippen molar-refractivity contribution in [3.8, 4) is 0 Å². The standard InChI is InChI=1S/C9H16O3S/c1-5-12-8(11)9(2,3)7(10)6-13-4/h5-6H2,1-4H3. The molecule has 0 saturated heterocycles. The highest BCUT2D eigenvalue weighted by atomic mass is 32.2. The van der Waals surface area contributed by atoms with Gasteiger partial charge >= 0.3 is 5.97 Å². The molecular weight excluding hydrogens is 188 g/mol. The van der Waals surface area contributed by atoms with E-state index >= 15 is 0 Å². The highest BCUT2D eigenvalue weighted by molar-refractivity contribution is 7.99. The maximum atomic E-state index is 11.5. The Labute approximate surface area is 83.2 Å². The van der Waals surface area contributed by atoms with Gasteiger partial charge in [-0.2, -0.15) is 11.8 Å². The van der Waals surface area contributed by atoms with Crippen LogP contribution in [0.15, 0.2) is 0 Å². The molecule has 13 heavy (non-hydrogen) atoms. The summed E-state index contributed by atoms with van der Waals surface area (Å²) in [7, 11) is 0. The molecule has 4 heteroatoms. The number of rotatable bonds is 5. The first kappa shape index (κ1) is 12.5. The molecule has 0 heterocycles. The lowest BCUT2D eigenvalue weighted by atomic mass is 9.89. The second-order valence-corrected chi connectivity index (χ2v) is 4.07. The highest BCUT2D eigenvalue weighted by Crippen LogP contribution is 2.20. The third-order valence-corrected chi connectivity index (χ3v) is 2.31. The van der Waals surface area contributed by atoms with Crippen molar-refractivity contribution in [3.05, 3.63) is 0 Å². The van der Waals surface area contributed by atoms with Gasteiger partial charge in [0, 0.05) is 0 Å². The van der Waals surface area contributed by atoms with Crippen LogP contribution in [0.4, 0.5) is 0 Å². The summed E-state index contributed by atoms with van der Waals surface area (Å²) in [6.07, 6.45) is 1.83. The first-order valence-electron chi connectivity index (χ1n) is 4.16. The molecule has 0 atom stereocenters. The summed E-state index contributed by atoms with van der Waals surface area (Å²) in [5.41, 5.74) is -1.00. The lowest BCUT2D eigenvalue weighted by Crippen LogP contribution is -2.36. The molecule has 0 bridgehead atoms. The number of esters is 1. The van der Waals surface area contributed by atoms with Crippen LogP contribution in [-0.4, -0.2) is 30.4 Å². The van der Waals surface area contributed by atoms with Gasteiger partial charge in [0.1, 0.15) is 5.41 Å². The molecule has 0 saturated carbocycles. The third kappa shape index (κ3) is 3.38. The molecule has 0 radical (unpaired) electrons. The molecule has 0 unspecified atom stereocenters. The summed E-state index contributed by atoms with van der Waals surface area (Å²) in [6, 6.07) is 0. The lowest BCUT2D eigenvalue weighted by molar-refractivity contribution is -0.157. The van der Waals surface area contributed by atoms with Gasteiger partial charge in [-0.1, -0.05) is 0 Å². The van der Waals surface area contributed by atoms with Crippen molar-refractivity contribution in [2.75, 3.05) is 18.6 Å². The van der Waals surface area contributed by atoms with E-state index in [1.807, 2.05) is 6.26 Å². The van der Waals surface area contributed by atoms with Crippen molar-refractivity contribution in [1.82, 2.24) is 0 Å².